The van der Waals surface area contributed by atoms with E-state index in [0.29, 0.717) is 24.0 Å². The maximum Gasteiger partial charge on any atom is 0.254 e. The van der Waals surface area contributed by atoms with Crippen molar-refractivity contribution in [3.8, 4) is 5.75 Å². The highest BCUT2D eigenvalue weighted by Gasteiger charge is 2.35. The van der Waals surface area contributed by atoms with Crippen LogP contribution in [0.25, 0.3) is 0 Å². The van der Waals surface area contributed by atoms with Crippen LogP contribution in [-0.4, -0.2) is 67.1 Å². The Labute approximate surface area is 173 Å². The minimum atomic E-state index is 0.0743. The third kappa shape index (κ3) is 4.92. The number of carbonyl (C=O) groups is 2. The highest BCUT2D eigenvalue weighted by molar-refractivity contribution is 5.94. The Kier molecular flexibility index (Phi) is 6.38. The first-order valence-electron chi connectivity index (χ1n) is 11.0. The van der Waals surface area contributed by atoms with Gasteiger partial charge in [-0.15, -0.1) is 0 Å². The molecule has 2 amide bonds. The van der Waals surface area contributed by atoms with Gasteiger partial charge < -0.3 is 19.3 Å². The zero-order chi connectivity index (χ0) is 20.2. The molecule has 2 heterocycles. The first kappa shape index (κ1) is 20.2. The zero-order valence-corrected chi connectivity index (χ0v) is 17.3. The second-order valence-corrected chi connectivity index (χ2v) is 8.54. The maximum atomic E-state index is 12.9. The number of nitrogens with zero attached hydrogens (tertiary/aromatic N) is 2. The zero-order valence-electron chi connectivity index (χ0n) is 17.3. The number of ether oxygens (including phenoxy) is 2. The summed E-state index contributed by atoms with van der Waals surface area (Å²) in [6.45, 7) is 2.96. The highest BCUT2D eigenvalue weighted by atomic mass is 16.5. The molecule has 158 valence electrons. The van der Waals surface area contributed by atoms with Crippen molar-refractivity contribution in [3.05, 3.63) is 29.8 Å². The van der Waals surface area contributed by atoms with Crippen LogP contribution in [0.3, 0.4) is 0 Å². The third-order valence-corrected chi connectivity index (χ3v) is 6.33. The van der Waals surface area contributed by atoms with Crippen molar-refractivity contribution in [1.29, 1.82) is 0 Å². The summed E-state index contributed by atoms with van der Waals surface area (Å²) in [5.41, 5.74) is 0.699. The fraction of sp³-hybridized carbons (Fsp3) is 0.652. The van der Waals surface area contributed by atoms with E-state index in [0.717, 1.165) is 70.3 Å². The van der Waals surface area contributed by atoms with Crippen LogP contribution < -0.4 is 4.74 Å². The van der Waals surface area contributed by atoms with Gasteiger partial charge in [0.15, 0.2) is 0 Å². The Morgan fingerprint density at radius 1 is 0.966 bits per heavy atom. The molecule has 3 aliphatic rings. The van der Waals surface area contributed by atoms with Gasteiger partial charge in [0, 0.05) is 51.1 Å². The van der Waals surface area contributed by atoms with Crippen LogP contribution in [0.1, 0.15) is 55.3 Å². The van der Waals surface area contributed by atoms with Gasteiger partial charge in [-0.05, 0) is 56.4 Å². The van der Waals surface area contributed by atoms with E-state index < -0.39 is 0 Å². The summed E-state index contributed by atoms with van der Waals surface area (Å²) in [5.74, 6) is 1.49. The molecular weight excluding hydrogens is 368 g/mol. The molecule has 1 saturated carbocycles. The van der Waals surface area contributed by atoms with Crippen LogP contribution in [0, 0.1) is 5.92 Å². The molecule has 4 rings (SSSR count). The number of hydrogen-bond donors (Lipinski definition) is 0. The standard InChI is InChI=1S/C23H32N2O4/c1-28-16-19-4-2-3-13-25(19)23(27)18-7-9-20(10-8-18)29-21-11-14-24(15-12-21)22(26)17-5-6-17/h7-10,17,19,21H,2-6,11-16H2,1H3. The molecule has 0 spiro atoms. The summed E-state index contributed by atoms with van der Waals surface area (Å²) in [4.78, 5) is 29.0. The number of benzene rings is 1. The Balaban J connectivity index is 1.30. The molecule has 0 radical (unpaired) electrons. The number of amides is 2. The Morgan fingerprint density at radius 3 is 2.34 bits per heavy atom. The minimum absolute atomic E-state index is 0.0743. The van der Waals surface area contributed by atoms with Crippen molar-refractivity contribution in [2.45, 2.75) is 57.1 Å². The number of likely N-dealkylation sites (tertiary alicyclic amines) is 2. The predicted octanol–water partition coefficient (Wildman–Crippen LogP) is 3.11. The van der Waals surface area contributed by atoms with Crippen molar-refractivity contribution in [2.24, 2.45) is 5.92 Å². The average molecular weight is 401 g/mol. The normalized spacial score (nSPS) is 23.1. The number of piperidine rings is 2. The summed E-state index contributed by atoms with van der Waals surface area (Å²) in [7, 11) is 1.69. The van der Waals surface area contributed by atoms with Crippen molar-refractivity contribution in [2.75, 3.05) is 33.4 Å². The van der Waals surface area contributed by atoms with Crippen molar-refractivity contribution in [1.82, 2.24) is 9.80 Å². The van der Waals surface area contributed by atoms with Crippen LogP contribution in [0.15, 0.2) is 24.3 Å². The molecule has 1 aliphatic carbocycles. The Hall–Kier alpha value is -2.08. The van der Waals surface area contributed by atoms with Crippen molar-refractivity contribution >= 4 is 11.8 Å². The van der Waals surface area contributed by atoms with Gasteiger partial charge in [0.05, 0.1) is 12.6 Å². The van der Waals surface area contributed by atoms with E-state index in [-0.39, 0.29) is 18.1 Å². The molecule has 1 aromatic rings. The first-order chi connectivity index (χ1) is 14.2. The molecule has 6 heteroatoms. The second-order valence-electron chi connectivity index (χ2n) is 8.54. The van der Waals surface area contributed by atoms with E-state index in [1.807, 2.05) is 34.1 Å². The van der Waals surface area contributed by atoms with E-state index in [1.165, 1.54) is 0 Å². The summed E-state index contributed by atoms with van der Waals surface area (Å²) in [6, 6.07) is 7.68. The molecule has 0 N–H and O–H groups in total. The summed E-state index contributed by atoms with van der Waals surface area (Å²) in [6.07, 6.45) is 7.19. The lowest BCUT2D eigenvalue weighted by atomic mass is 10.0. The monoisotopic (exact) mass is 400 g/mol. The Bertz CT molecular complexity index is 706. The van der Waals surface area contributed by atoms with E-state index in [4.69, 9.17) is 9.47 Å². The fourth-order valence-corrected chi connectivity index (χ4v) is 4.45. The molecule has 0 bridgehead atoms. The molecule has 1 aromatic carbocycles. The van der Waals surface area contributed by atoms with Gasteiger partial charge in [-0.2, -0.15) is 0 Å². The van der Waals surface area contributed by atoms with Gasteiger partial charge in [0.2, 0.25) is 5.91 Å². The fourth-order valence-electron chi connectivity index (χ4n) is 4.45. The van der Waals surface area contributed by atoms with Crippen molar-refractivity contribution < 1.29 is 19.1 Å². The van der Waals surface area contributed by atoms with E-state index in [2.05, 4.69) is 0 Å². The van der Waals surface area contributed by atoms with Gasteiger partial charge in [-0.25, -0.2) is 0 Å². The lowest BCUT2D eigenvalue weighted by Crippen LogP contribution is -2.46. The molecule has 2 aliphatic heterocycles. The number of methoxy groups -OCH3 is 1. The van der Waals surface area contributed by atoms with Gasteiger partial charge in [-0.3, -0.25) is 9.59 Å². The molecular formula is C23H32N2O4. The molecule has 0 aromatic heterocycles. The molecule has 6 nitrogen and oxygen atoms in total. The Morgan fingerprint density at radius 2 is 1.69 bits per heavy atom. The lowest BCUT2D eigenvalue weighted by Gasteiger charge is -2.35. The second kappa shape index (κ2) is 9.16. The maximum absolute atomic E-state index is 12.9. The third-order valence-electron chi connectivity index (χ3n) is 6.33. The van der Waals surface area contributed by atoms with Gasteiger partial charge in [0.25, 0.3) is 5.91 Å². The quantitative estimate of drug-likeness (QED) is 0.736. The van der Waals surface area contributed by atoms with Crippen molar-refractivity contribution in [3.63, 3.8) is 0 Å². The van der Waals surface area contributed by atoms with Gasteiger partial charge >= 0.3 is 0 Å². The van der Waals surface area contributed by atoms with Crippen LogP contribution in [-0.2, 0) is 9.53 Å². The average Bonchev–Trinajstić information content (AvgIpc) is 3.60. The summed E-state index contributed by atoms with van der Waals surface area (Å²) >= 11 is 0. The topological polar surface area (TPSA) is 59.1 Å². The van der Waals surface area contributed by atoms with Crippen LogP contribution in [0.4, 0.5) is 0 Å². The predicted molar refractivity (Wildman–Crippen MR) is 110 cm³/mol. The lowest BCUT2D eigenvalue weighted by molar-refractivity contribution is -0.134. The summed E-state index contributed by atoms with van der Waals surface area (Å²) < 4.78 is 11.4. The van der Waals surface area contributed by atoms with Crippen LogP contribution in [0.2, 0.25) is 0 Å². The smallest absolute Gasteiger partial charge is 0.254 e. The van der Waals surface area contributed by atoms with Crippen LogP contribution >= 0.6 is 0 Å². The summed E-state index contributed by atoms with van der Waals surface area (Å²) in [5, 5.41) is 0. The van der Waals surface area contributed by atoms with Crippen LogP contribution in [0.5, 0.6) is 5.75 Å². The first-order valence-corrected chi connectivity index (χ1v) is 11.0. The minimum Gasteiger partial charge on any atom is -0.490 e. The van der Waals surface area contributed by atoms with E-state index >= 15 is 0 Å². The molecule has 29 heavy (non-hydrogen) atoms. The SMILES string of the molecule is COCC1CCCCN1C(=O)c1ccc(OC2CCN(C(=O)C3CC3)CC2)cc1. The number of rotatable bonds is 6. The van der Waals surface area contributed by atoms with Gasteiger partial charge in [0.1, 0.15) is 11.9 Å². The van der Waals surface area contributed by atoms with E-state index in [9.17, 15) is 9.59 Å². The molecule has 3 fully saturated rings. The number of carbonyl (C=O) groups excluding carboxylic acids is 2. The van der Waals surface area contributed by atoms with Gasteiger partial charge in [-0.1, -0.05) is 0 Å². The van der Waals surface area contributed by atoms with E-state index in [1.54, 1.807) is 7.11 Å². The molecule has 1 unspecified atom stereocenters. The largest absolute Gasteiger partial charge is 0.490 e. The number of hydrogen-bond acceptors (Lipinski definition) is 4. The molecule has 1 atom stereocenters. The molecule has 2 saturated heterocycles. The highest BCUT2D eigenvalue weighted by Crippen LogP contribution is 2.32.